The lowest BCUT2D eigenvalue weighted by Crippen LogP contribution is -2.31. The van der Waals surface area contributed by atoms with Crippen LogP contribution in [-0.4, -0.2) is 31.6 Å². The first-order valence-corrected chi connectivity index (χ1v) is 13.1. The van der Waals surface area contributed by atoms with E-state index in [1.807, 2.05) is 6.92 Å². The maximum absolute atomic E-state index is 14.8. The minimum atomic E-state index is -4.92. The largest absolute Gasteiger partial charge is 0.435 e. The summed E-state index contributed by atoms with van der Waals surface area (Å²) < 4.78 is 80.6. The van der Waals surface area contributed by atoms with Gasteiger partial charge >= 0.3 is 6.18 Å². The van der Waals surface area contributed by atoms with Crippen LogP contribution in [0.1, 0.15) is 53.5 Å². The van der Waals surface area contributed by atoms with Crippen molar-refractivity contribution in [3.8, 4) is 11.6 Å². The van der Waals surface area contributed by atoms with E-state index < -0.39 is 56.2 Å². The number of benzene rings is 1. The molecule has 0 spiro atoms. The molecular formula is C24H23F4N5O3S. The number of alkyl halides is 3. The van der Waals surface area contributed by atoms with Crippen LogP contribution in [0.3, 0.4) is 0 Å². The number of aromatic nitrogens is 3. The number of pyridine rings is 1. The van der Waals surface area contributed by atoms with Gasteiger partial charge in [-0.1, -0.05) is 19.4 Å². The highest BCUT2D eigenvalue weighted by Gasteiger charge is 2.39. The third-order valence-corrected chi connectivity index (χ3v) is 7.47. The summed E-state index contributed by atoms with van der Waals surface area (Å²) in [6.07, 6.45) is -1.04. The maximum atomic E-state index is 14.8. The minimum absolute atomic E-state index is 0.0750. The molecule has 0 aliphatic heterocycles. The number of nitrogens with one attached hydrogen (secondary N) is 2. The summed E-state index contributed by atoms with van der Waals surface area (Å²) in [5, 5.41) is 9.01. The van der Waals surface area contributed by atoms with Crippen LogP contribution in [0.15, 0.2) is 41.3 Å². The van der Waals surface area contributed by atoms with E-state index in [1.165, 1.54) is 36.6 Å². The van der Waals surface area contributed by atoms with Crippen molar-refractivity contribution in [2.75, 3.05) is 11.6 Å². The summed E-state index contributed by atoms with van der Waals surface area (Å²) in [7, 11) is -3.12. The second kappa shape index (κ2) is 9.36. The Morgan fingerprint density at radius 2 is 1.89 bits per heavy atom. The smallest absolute Gasteiger partial charge is 0.432 e. The zero-order chi connectivity index (χ0) is 27.2. The van der Waals surface area contributed by atoms with Gasteiger partial charge in [0.1, 0.15) is 5.56 Å². The molecule has 3 aromatic rings. The van der Waals surface area contributed by atoms with Crippen molar-refractivity contribution in [2.24, 2.45) is 0 Å². The van der Waals surface area contributed by atoms with Gasteiger partial charge in [-0.05, 0) is 55.7 Å². The van der Waals surface area contributed by atoms with E-state index >= 15 is 0 Å². The lowest BCUT2D eigenvalue weighted by molar-refractivity contribution is -0.142. The van der Waals surface area contributed by atoms with E-state index in [-0.39, 0.29) is 16.0 Å². The zero-order valence-electron chi connectivity index (χ0n) is 20.1. The summed E-state index contributed by atoms with van der Waals surface area (Å²) in [4.78, 5) is 17.2. The average Bonchev–Trinajstić information content (AvgIpc) is 2.77. The van der Waals surface area contributed by atoms with Crippen molar-refractivity contribution in [3.05, 3.63) is 64.9 Å². The number of amides is 1. The number of carbonyl (C=O) groups excluding carboxylic acids is 1. The number of anilines is 1. The van der Waals surface area contributed by atoms with Crippen LogP contribution in [0.2, 0.25) is 0 Å². The van der Waals surface area contributed by atoms with Crippen molar-refractivity contribution in [3.63, 3.8) is 0 Å². The summed E-state index contributed by atoms with van der Waals surface area (Å²) in [5.41, 5.74) is -2.27. The number of hydrogen-bond donors (Lipinski definition) is 2. The highest BCUT2D eigenvalue weighted by Crippen LogP contribution is 2.43. The normalized spacial score (nSPS) is 16.4. The molecule has 196 valence electrons. The molecule has 1 fully saturated rings. The first-order valence-electron chi connectivity index (χ1n) is 11.1. The van der Waals surface area contributed by atoms with E-state index in [2.05, 4.69) is 20.5 Å². The fourth-order valence-corrected chi connectivity index (χ4v) is 4.71. The van der Waals surface area contributed by atoms with Crippen LogP contribution in [0, 0.1) is 17.7 Å². The number of ether oxygens (including phenoxy) is 1. The summed E-state index contributed by atoms with van der Waals surface area (Å²) in [5.74, 6) is -3.14. The number of nitrogens with zero attached hydrogens (tertiary/aromatic N) is 3. The van der Waals surface area contributed by atoms with E-state index in [9.17, 15) is 26.6 Å². The molecule has 0 saturated heterocycles. The number of hydrogen-bond acceptors (Lipinski definition) is 7. The summed E-state index contributed by atoms with van der Waals surface area (Å²) in [6.45, 7) is 2.98. The van der Waals surface area contributed by atoms with Gasteiger partial charge in [-0.2, -0.15) is 17.6 Å². The highest BCUT2D eigenvalue weighted by molar-refractivity contribution is 7.91. The molecule has 0 radical (unpaired) electrons. The fourth-order valence-electron chi connectivity index (χ4n) is 4.02. The molecule has 0 bridgehead atoms. The SMILES string of the molecule is Cc1c(C(F)(F)F)nnc(Oc2ccc(C3(C)CCC3)nc2F)c1C(=O)Nc1cccc(S(C)(=N)=O)c1. The molecule has 1 unspecified atom stereocenters. The lowest BCUT2D eigenvalue weighted by atomic mass is 9.68. The molecule has 1 aliphatic rings. The van der Waals surface area contributed by atoms with Gasteiger partial charge in [0.2, 0.25) is 0 Å². The van der Waals surface area contributed by atoms with Crippen LogP contribution < -0.4 is 10.1 Å². The zero-order valence-corrected chi connectivity index (χ0v) is 20.9. The van der Waals surface area contributed by atoms with Gasteiger partial charge in [-0.15, -0.1) is 10.2 Å². The van der Waals surface area contributed by atoms with Gasteiger partial charge in [0.25, 0.3) is 17.7 Å². The molecule has 2 heterocycles. The first kappa shape index (κ1) is 26.5. The predicted molar refractivity (Wildman–Crippen MR) is 127 cm³/mol. The van der Waals surface area contributed by atoms with Gasteiger partial charge in [-0.3, -0.25) is 4.79 Å². The van der Waals surface area contributed by atoms with Crippen molar-refractivity contribution in [1.82, 2.24) is 15.2 Å². The van der Waals surface area contributed by atoms with Gasteiger partial charge in [0.15, 0.2) is 11.4 Å². The molecule has 2 N–H and O–H groups in total. The van der Waals surface area contributed by atoms with Crippen LogP contribution in [0.4, 0.5) is 23.2 Å². The monoisotopic (exact) mass is 537 g/mol. The van der Waals surface area contributed by atoms with Gasteiger partial charge in [0.05, 0.1) is 9.73 Å². The molecule has 8 nitrogen and oxygen atoms in total. The number of halogens is 4. The first-order chi connectivity index (χ1) is 17.2. The van der Waals surface area contributed by atoms with E-state index in [0.29, 0.717) is 5.69 Å². The molecule has 37 heavy (non-hydrogen) atoms. The molecule has 4 rings (SSSR count). The maximum Gasteiger partial charge on any atom is 0.435 e. The number of carbonyl (C=O) groups is 1. The highest BCUT2D eigenvalue weighted by atomic mass is 32.2. The number of rotatable bonds is 6. The molecular weight excluding hydrogens is 514 g/mol. The minimum Gasteiger partial charge on any atom is -0.432 e. The molecule has 13 heteroatoms. The van der Waals surface area contributed by atoms with Crippen LogP contribution >= 0.6 is 0 Å². The third kappa shape index (κ3) is 5.41. The van der Waals surface area contributed by atoms with Crippen molar-refractivity contribution >= 4 is 21.3 Å². The Hall–Kier alpha value is -3.61. The van der Waals surface area contributed by atoms with Crippen LogP contribution in [0.25, 0.3) is 0 Å². The summed E-state index contributed by atoms with van der Waals surface area (Å²) >= 11 is 0. The Morgan fingerprint density at radius 1 is 1.19 bits per heavy atom. The van der Waals surface area contributed by atoms with Gasteiger partial charge in [0, 0.05) is 27.9 Å². The third-order valence-electron chi connectivity index (χ3n) is 6.32. The molecule has 1 aliphatic carbocycles. The quantitative estimate of drug-likeness (QED) is 0.300. The van der Waals surface area contributed by atoms with Crippen molar-refractivity contribution in [1.29, 1.82) is 4.78 Å². The van der Waals surface area contributed by atoms with Gasteiger partial charge in [-0.25, -0.2) is 14.0 Å². The van der Waals surface area contributed by atoms with Crippen LogP contribution in [-0.2, 0) is 21.3 Å². The topological polar surface area (TPSA) is 118 Å². The van der Waals surface area contributed by atoms with E-state index in [1.54, 1.807) is 6.07 Å². The van der Waals surface area contributed by atoms with Crippen molar-refractivity contribution in [2.45, 2.75) is 49.6 Å². The van der Waals surface area contributed by atoms with E-state index in [4.69, 9.17) is 9.52 Å². The second-order valence-corrected chi connectivity index (χ2v) is 11.3. The molecule has 2 aromatic heterocycles. The lowest BCUT2D eigenvalue weighted by Gasteiger charge is -2.37. The molecule has 1 amide bonds. The second-order valence-electron chi connectivity index (χ2n) is 9.18. The molecule has 1 atom stereocenters. The Morgan fingerprint density at radius 3 is 2.46 bits per heavy atom. The summed E-state index contributed by atoms with van der Waals surface area (Å²) in [6, 6.07) is 8.38. The average molecular weight is 538 g/mol. The standard InChI is InChI=1S/C24H23F4N5O3S/c1-13-18(21(34)30-14-6-4-7-15(12-14)37(3,29)35)22(33-32-19(13)24(26,27)28)36-16-8-9-17(31-20(16)25)23(2)10-5-11-23/h4,6-9,12,29H,5,10-11H2,1-3H3,(H,30,34). The fraction of sp³-hybridized carbons (Fsp3) is 0.333. The molecule has 1 saturated carbocycles. The molecule has 1 aromatic carbocycles. The van der Waals surface area contributed by atoms with Crippen LogP contribution in [0.5, 0.6) is 11.6 Å². The van der Waals surface area contributed by atoms with Crippen molar-refractivity contribution < 1.29 is 31.3 Å². The Bertz CT molecular complexity index is 1490. The Kier molecular flexibility index (Phi) is 6.69. The Balaban J connectivity index is 1.73. The predicted octanol–water partition coefficient (Wildman–Crippen LogP) is 5.86. The van der Waals surface area contributed by atoms with E-state index in [0.717, 1.165) is 26.2 Å². The van der Waals surface area contributed by atoms with Gasteiger partial charge < -0.3 is 10.1 Å². The Labute approximate surface area is 210 Å².